The highest BCUT2D eigenvalue weighted by Crippen LogP contribution is 2.49. The number of halogens is 8. The van der Waals surface area contributed by atoms with Crippen LogP contribution in [0.1, 0.15) is 33.6 Å². The molecule has 1 atom stereocenters. The molecule has 1 unspecified atom stereocenters. The molecule has 34 heavy (non-hydrogen) atoms. The van der Waals surface area contributed by atoms with Crippen LogP contribution < -0.4 is 5.32 Å². The zero-order valence-electron chi connectivity index (χ0n) is 16.9. The Labute approximate surface area is 198 Å². The zero-order valence-corrected chi connectivity index (χ0v) is 18.4. The molecule has 0 spiro atoms. The number of amides is 1. The molecule has 2 aromatic rings. The summed E-state index contributed by atoms with van der Waals surface area (Å²) in [4.78, 5) is 22.3. The topological polar surface area (TPSA) is 66.8 Å². The second kappa shape index (κ2) is 8.49. The maximum Gasteiger partial charge on any atom is 0.435 e. The Kier molecular flexibility index (Phi) is 6.09. The number of amidine groups is 1. The van der Waals surface area contributed by atoms with Gasteiger partial charge >= 0.3 is 12.4 Å². The molecule has 4 rings (SSSR count). The fourth-order valence-corrected chi connectivity index (χ4v) is 4.23. The van der Waals surface area contributed by atoms with Gasteiger partial charge in [-0.05, 0) is 35.4 Å². The SMILES string of the molecule is O=C(NCC(F)(F)F)c1cc2c(cn1)CN(C1=NOC(c3cc(Cl)cc(Cl)c3)(C(F)(F)F)C1)C2. The molecule has 0 aliphatic carbocycles. The maximum atomic E-state index is 14.1. The van der Waals surface area contributed by atoms with E-state index in [1.807, 2.05) is 0 Å². The molecule has 2 aliphatic heterocycles. The van der Waals surface area contributed by atoms with Crippen LogP contribution in [0.15, 0.2) is 35.6 Å². The predicted octanol–water partition coefficient (Wildman–Crippen LogP) is 5.19. The van der Waals surface area contributed by atoms with Gasteiger partial charge in [0, 0.05) is 34.9 Å². The van der Waals surface area contributed by atoms with Crippen LogP contribution in [0.25, 0.3) is 0 Å². The molecular formula is C20H14Cl2F6N4O2. The van der Waals surface area contributed by atoms with Crippen LogP contribution in [-0.4, -0.2) is 40.5 Å². The van der Waals surface area contributed by atoms with E-state index >= 15 is 0 Å². The van der Waals surface area contributed by atoms with Gasteiger partial charge < -0.3 is 15.1 Å². The number of hydrogen-bond acceptors (Lipinski definition) is 5. The van der Waals surface area contributed by atoms with E-state index in [1.165, 1.54) is 23.2 Å². The van der Waals surface area contributed by atoms with Crippen molar-refractivity contribution in [1.29, 1.82) is 0 Å². The molecule has 1 aromatic carbocycles. The van der Waals surface area contributed by atoms with Crippen molar-refractivity contribution in [2.24, 2.45) is 5.16 Å². The van der Waals surface area contributed by atoms with E-state index in [1.54, 1.807) is 5.32 Å². The Morgan fingerprint density at radius 2 is 1.71 bits per heavy atom. The number of carbonyl (C=O) groups excluding carboxylic acids is 1. The van der Waals surface area contributed by atoms with E-state index in [9.17, 15) is 31.1 Å². The third-order valence-electron chi connectivity index (χ3n) is 5.35. The van der Waals surface area contributed by atoms with Crippen LogP contribution in [-0.2, 0) is 23.5 Å². The van der Waals surface area contributed by atoms with Gasteiger partial charge in [-0.2, -0.15) is 26.3 Å². The van der Waals surface area contributed by atoms with E-state index in [4.69, 9.17) is 28.0 Å². The molecule has 2 aliphatic rings. The first-order chi connectivity index (χ1) is 15.8. The largest absolute Gasteiger partial charge is 0.435 e. The number of nitrogens with zero attached hydrogens (tertiary/aromatic N) is 3. The standard InChI is InChI=1S/C20H14Cl2F6N4O2/c21-13-2-12(3-14(22)4-13)18(20(26,27)28)5-16(31-34-18)32-7-10-1-15(29-6-11(10)8-32)17(33)30-9-19(23,24)25/h1-4,6H,5,7-9H2,(H,30,33). The number of aromatic nitrogens is 1. The average molecular weight is 527 g/mol. The van der Waals surface area contributed by atoms with E-state index in [0.717, 1.165) is 12.1 Å². The highest BCUT2D eigenvalue weighted by atomic mass is 35.5. The lowest BCUT2D eigenvalue weighted by atomic mass is 9.89. The highest BCUT2D eigenvalue weighted by Gasteiger charge is 2.63. The summed E-state index contributed by atoms with van der Waals surface area (Å²) in [6.07, 6.45) is -8.80. The average Bonchev–Trinajstić information content (AvgIpc) is 3.35. The number of fused-ring (bicyclic) bond motifs is 1. The number of nitrogens with one attached hydrogen (secondary N) is 1. The van der Waals surface area contributed by atoms with Crippen molar-refractivity contribution in [1.82, 2.24) is 15.2 Å². The Morgan fingerprint density at radius 1 is 1.06 bits per heavy atom. The third kappa shape index (κ3) is 4.74. The lowest BCUT2D eigenvalue weighted by Crippen LogP contribution is -2.43. The first-order valence-corrected chi connectivity index (χ1v) is 10.4. The van der Waals surface area contributed by atoms with Gasteiger partial charge in [0.25, 0.3) is 11.5 Å². The van der Waals surface area contributed by atoms with Crippen LogP contribution >= 0.6 is 23.2 Å². The molecule has 1 N–H and O–H groups in total. The van der Waals surface area contributed by atoms with Crippen molar-refractivity contribution in [3.8, 4) is 0 Å². The van der Waals surface area contributed by atoms with Crippen LogP contribution in [0.5, 0.6) is 0 Å². The van der Waals surface area contributed by atoms with Gasteiger partial charge in [0.15, 0.2) is 0 Å². The number of pyridine rings is 1. The summed E-state index contributed by atoms with van der Waals surface area (Å²) < 4.78 is 79.4. The molecule has 182 valence electrons. The van der Waals surface area contributed by atoms with Gasteiger partial charge in [0.1, 0.15) is 18.1 Å². The summed E-state index contributed by atoms with van der Waals surface area (Å²) in [6, 6.07) is 4.80. The molecule has 3 heterocycles. The van der Waals surface area contributed by atoms with Crippen molar-refractivity contribution in [2.75, 3.05) is 6.54 Å². The number of alkyl halides is 6. The first-order valence-electron chi connectivity index (χ1n) is 9.63. The van der Waals surface area contributed by atoms with Gasteiger partial charge in [-0.25, -0.2) is 0 Å². The van der Waals surface area contributed by atoms with Gasteiger partial charge in [0.05, 0.1) is 6.42 Å². The number of benzene rings is 1. The van der Waals surface area contributed by atoms with E-state index < -0.39 is 36.8 Å². The minimum Gasteiger partial charge on any atom is -0.372 e. The Morgan fingerprint density at radius 3 is 2.32 bits per heavy atom. The summed E-state index contributed by atoms with van der Waals surface area (Å²) >= 11 is 11.8. The fraction of sp³-hybridized carbons (Fsp3) is 0.350. The van der Waals surface area contributed by atoms with Gasteiger partial charge in [-0.3, -0.25) is 9.78 Å². The quantitative estimate of drug-likeness (QED) is 0.559. The lowest BCUT2D eigenvalue weighted by molar-refractivity contribution is -0.275. The van der Waals surface area contributed by atoms with Crippen LogP contribution in [0.3, 0.4) is 0 Å². The lowest BCUT2D eigenvalue weighted by Gasteiger charge is -2.30. The van der Waals surface area contributed by atoms with Crippen LogP contribution in [0, 0.1) is 0 Å². The Hall–Kier alpha value is -2.73. The molecule has 6 nitrogen and oxygen atoms in total. The normalized spacial score (nSPS) is 20.1. The molecule has 1 amide bonds. The maximum absolute atomic E-state index is 14.1. The van der Waals surface area contributed by atoms with Gasteiger partial charge in [-0.1, -0.05) is 28.4 Å². The van der Waals surface area contributed by atoms with E-state index in [-0.39, 0.29) is 40.2 Å². The smallest absolute Gasteiger partial charge is 0.372 e. The van der Waals surface area contributed by atoms with Crippen molar-refractivity contribution in [3.63, 3.8) is 0 Å². The van der Waals surface area contributed by atoms with Crippen LogP contribution in [0.4, 0.5) is 26.3 Å². The number of oxime groups is 1. The molecular weight excluding hydrogens is 513 g/mol. The number of carbonyl (C=O) groups is 1. The molecule has 0 radical (unpaired) electrons. The number of rotatable bonds is 3. The molecule has 0 saturated heterocycles. The van der Waals surface area contributed by atoms with E-state index in [0.29, 0.717) is 11.1 Å². The Balaban J connectivity index is 1.52. The predicted molar refractivity (Wildman–Crippen MR) is 109 cm³/mol. The van der Waals surface area contributed by atoms with Gasteiger partial charge in [-0.15, -0.1) is 0 Å². The van der Waals surface area contributed by atoms with Crippen molar-refractivity contribution < 1.29 is 36.0 Å². The summed E-state index contributed by atoms with van der Waals surface area (Å²) in [7, 11) is 0. The van der Waals surface area contributed by atoms with Crippen molar-refractivity contribution in [3.05, 3.63) is 62.9 Å². The Bertz CT molecular complexity index is 1150. The molecule has 0 fully saturated rings. The summed E-state index contributed by atoms with van der Waals surface area (Å²) in [6.45, 7) is -1.33. The fourth-order valence-electron chi connectivity index (χ4n) is 3.70. The highest BCUT2D eigenvalue weighted by molar-refractivity contribution is 6.34. The van der Waals surface area contributed by atoms with Crippen molar-refractivity contribution in [2.45, 2.75) is 37.5 Å². The second-order valence-corrected chi connectivity index (χ2v) is 8.62. The summed E-state index contributed by atoms with van der Waals surface area (Å²) in [5, 5.41) is 5.40. The molecule has 0 saturated carbocycles. The molecule has 14 heteroatoms. The molecule has 0 bridgehead atoms. The first kappa shape index (κ1) is 24.4. The monoisotopic (exact) mass is 526 g/mol. The van der Waals surface area contributed by atoms with E-state index in [2.05, 4.69) is 10.1 Å². The summed E-state index contributed by atoms with van der Waals surface area (Å²) in [5.41, 5.74) is -2.24. The second-order valence-electron chi connectivity index (χ2n) is 7.75. The minimum atomic E-state index is -4.86. The zero-order chi connectivity index (χ0) is 24.9. The summed E-state index contributed by atoms with van der Waals surface area (Å²) in [5.74, 6) is -1.03. The molecule has 1 aromatic heterocycles. The van der Waals surface area contributed by atoms with Gasteiger partial charge in [0.2, 0.25) is 0 Å². The van der Waals surface area contributed by atoms with Crippen molar-refractivity contribution >= 4 is 34.9 Å². The minimum absolute atomic E-state index is 0.000781. The van der Waals surface area contributed by atoms with Crippen LogP contribution in [0.2, 0.25) is 10.0 Å². The third-order valence-corrected chi connectivity index (χ3v) is 5.79. The number of hydrogen-bond donors (Lipinski definition) is 1.